The first-order chi connectivity index (χ1) is 12.1. The predicted molar refractivity (Wildman–Crippen MR) is 99.6 cm³/mol. The van der Waals surface area contributed by atoms with Gasteiger partial charge in [-0.25, -0.2) is 4.98 Å². The Morgan fingerprint density at radius 2 is 2.04 bits per heavy atom. The van der Waals surface area contributed by atoms with Gasteiger partial charge in [-0.15, -0.1) is 0 Å². The minimum Gasteiger partial charge on any atom is -0.493 e. The smallest absolute Gasteiger partial charge is 0.248 e. The summed E-state index contributed by atoms with van der Waals surface area (Å²) in [7, 11) is 0. The van der Waals surface area contributed by atoms with E-state index in [1.54, 1.807) is 12.3 Å². The molecule has 0 saturated carbocycles. The van der Waals surface area contributed by atoms with Gasteiger partial charge in [0.25, 0.3) is 0 Å². The number of carbonyl (C=O) groups excluding carboxylic acids is 1. The summed E-state index contributed by atoms with van der Waals surface area (Å²) in [4.78, 5) is 16.4. The third-order valence-electron chi connectivity index (χ3n) is 3.56. The van der Waals surface area contributed by atoms with Crippen molar-refractivity contribution in [3.8, 4) is 5.75 Å². The van der Waals surface area contributed by atoms with Crippen LogP contribution in [0.1, 0.15) is 19.5 Å². The van der Waals surface area contributed by atoms with Crippen molar-refractivity contribution < 1.29 is 9.53 Å². The van der Waals surface area contributed by atoms with E-state index in [0.29, 0.717) is 12.5 Å². The Labute approximate surface area is 147 Å². The topological polar surface area (TPSA) is 55.6 Å². The zero-order valence-corrected chi connectivity index (χ0v) is 14.3. The van der Waals surface area contributed by atoms with Crippen LogP contribution in [-0.2, 0) is 4.79 Å². The van der Waals surface area contributed by atoms with Crippen molar-refractivity contribution in [1.29, 1.82) is 0 Å². The van der Waals surface area contributed by atoms with Crippen LogP contribution in [0.25, 0.3) is 11.7 Å². The van der Waals surface area contributed by atoms with E-state index in [1.807, 2.05) is 53.1 Å². The number of hydrogen-bond donors (Lipinski definition) is 1. The largest absolute Gasteiger partial charge is 0.493 e. The van der Waals surface area contributed by atoms with Crippen molar-refractivity contribution in [1.82, 2.24) is 9.38 Å². The molecule has 3 aromatic rings. The van der Waals surface area contributed by atoms with Crippen LogP contribution >= 0.6 is 0 Å². The molecule has 128 valence electrons. The Bertz CT molecular complexity index is 879. The molecular weight excluding hydrogens is 314 g/mol. The quantitative estimate of drug-likeness (QED) is 0.692. The molecule has 0 aliphatic heterocycles. The summed E-state index contributed by atoms with van der Waals surface area (Å²) in [6.45, 7) is 4.88. The van der Waals surface area contributed by atoms with Crippen LogP contribution in [0.3, 0.4) is 0 Å². The minimum atomic E-state index is -0.193. The van der Waals surface area contributed by atoms with Gasteiger partial charge in [-0.2, -0.15) is 0 Å². The SMILES string of the molecule is CC(C)COc1ccc(NC(=O)/C=C/c2cnc3ccccn23)cc1. The van der Waals surface area contributed by atoms with Gasteiger partial charge in [-0.3, -0.25) is 4.79 Å². The maximum atomic E-state index is 12.1. The summed E-state index contributed by atoms with van der Waals surface area (Å²) in [5, 5.41) is 2.83. The minimum absolute atomic E-state index is 0.193. The van der Waals surface area contributed by atoms with Gasteiger partial charge >= 0.3 is 0 Å². The molecule has 5 nitrogen and oxygen atoms in total. The number of rotatable bonds is 6. The number of nitrogens with zero attached hydrogens (tertiary/aromatic N) is 2. The number of fused-ring (bicyclic) bond motifs is 1. The van der Waals surface area contributed by atoms with Gasteiger partial charge in [0.15, 0.2) is 0 Å². The molecule has 0 bridgehead atoms. The zero-order valence-electron chi connectivity index (χ0n) is 14.3. The maximum Gasteiger partial charge on any atom is 0.248 e. The van der Waals surface area contributed by atoms with E-state index < -0.39 is 0 Å². The molecule has 5 heteroatoms. The number of ether oxygens (including phenoxy) is 1. The molecule has 0 aliphatic rings. The van der Waals surface area contributed by atoms with E-state index in [1.165, 1.54) is 6.08 Å². The zero-order chi connectivity index (χ0) is 17.6. The molecule has 3 rings (SSSR count). The average molecular weight is 335 g/mol. The van der Waals surface area contributed by atoms with Crippen LogP contribution in [0.5, 0.6) is 5.75 Å². The first-order valence-corrected chi connectivity index (χ1v) is 8.26. The Morgan fingerprint density at radius 3 is 2.80 bits per heavy atom. The Kier molecular flexibility index (Phi) is 5.14. The Hall–Kier alpha value is -3.08. The van der Waals surface area contributed by atoms with E-state index in [4.69, 9.17) is 4.74 Å². The summed E-state index contributed by atoms with van der Waals surface area (Å²) in [6.07, 6.45) is 6.89. The van der Waals surface area contributed by atoms with Crippen molar-refractivity contribution in [2.24, 2.45) is 5.92 Å². The molecule has 1 N–H and O–H groups in total. The lowest BCUT2D eigenvalue weighted by Crippen LogP contribution is -2.08. The summed E-state index contributed by atoms with van der Waals surface area (Å²) in [5.41, 5.74) is 2.42. The second-order valence-electron chi connectivity index (χ2n) is 6.16. The first kappa shape index (κ1) is 16.8. The Balaban J connectivity index is 1.60. The van der Waals surface area contributed by atoms with Crippen molar-refractivity contribution in [2.75, 3.05) is 11.9 Å². The normalized spacial score (nSPS) is 11.3. The maximum absolute atomic E-state index is 12.1. The van der Waals surface area contributed by atoms with Crippen LogP contribution in [0.15, 0.2) is 60.9 Å². The van der Waals surface area contributed by atoms with Crippen molar-refractivity contribution in [3.05, 3.63) is 66.6 Å². The molecular formula is C20H21N3O2. The van der Waals surface area contributed by atoms with Crippen molar-refractivity contribution >= 4 is 23.3 Å². The second-order valence-corrected chi connectivity index (χ2v) is 6.16. The first-order valence-electron chi connectivity index (χ1n) is 8.26. The Morgan fingerprint density at radius 1 is 1.24 bits per heavy atom. The molecule has 1 aromatic carbocycles. The van der Waals surface area contributed by atoms with Gasteiger partial charge in [-0.1, -0.05) is 19.9 Å². The van der Waals surface area contributed by atoms with Crippen LogP contribution in [0.2, 0.25) is 0 Å². The fraction of sp³-hybridized carbons (Fsp3) is 0.200. The van der Waals surface area contributed by atoms with Gasteiger partial charge < -0.3 is 14.5 Å². The molecule has 2 heterocycles. The van der Waals surface area contributed by atoms with Crippen molar-refractivity contribution in [2.45, 2.75) is 13.8 Å². The number of aromatic nitrogens is 2. The van der Waals surface area contributed by atoms with Gasteiger partial charge in [-0.05, 0) is 48.4 Å². The third-order valence-corrected chi connectivity index (χ3v) is 3.56. The van der Waals surface area contributed by atoms with E-state index in [-0.39, 0.29) is 5.91 Å². The number of benzene rings is 1. The summed E-state index contributed by atoms with van der Waals surface area (Å²) in [6, 6.07) is 13.1. The number of imidazole rings is 1. The van der Waals surface area contributed by atoms with Gasteiger partial charge in [0.05, 0.1) is 18.5 Å². The standard InChI is InChI=1S/C20H21N3O2/c1-15(2)14-25-18-9-6-16(7-10-18)22-20(24)11-8-17-13-21-19-5-3-4-12-23(17)19/h3-13,15H,14H2,1-2H3,(H,22,24)/b11-8+. The number of anilines is 1. The third kappa shape index (κ3) is 4.47. The van der Waals surface area contributed by atoms with Crippen molar-refractivity contribution in [3.63, 3.8) is 0 Å². The number of amides is 1. The lowest BCUT2D eigenvalue weighted by molar-refractivity contribution is -0.111. The molecule has 0 unspecified atom stereocenters. The highest BCUT2D eigenvalue weighted by molar-refractivity contribution is 6.01. The summed E-state index contributed by atoms with van der Waals surface area (Å²) < 4.78 is 7.55. The molecule has 0 aliphatic carbocycles. The van der Waals surface area contributed by atoms with Gasteiger partial charge in [0.2, 0.25) is 5.91 Å². The average Bonchev–Trinajstić information content (AvgIpc) is 3.02. The molecule has 0 fully saturated rings. The van der Waals surface area contributed by atoms with E-state index >= 15 is 0 Å². The molecule has 0 saturated heterocycles. The highest BCUT2D eigenvalue weighted by Crippen LogP contribution is 2.16. The molecule has 25 heavy (non-hydrogen) atoms. The van der Waals surface area contributed by atoms with Crippen LogP contribution in [0.4, 0.5) is 5.69 Å². The fourth-order valence-corrected chi connectivity index (χ4v) is 2.32. The number of carbonyl (C=O) groups is 1. The lowest BCUT2D eigenvalue weighted by atomic mass is 10.2. The van der Waals surface area contributed by atoms with E-state index in [2.05, 4.69) is 24.1 Å². The lowest BCUT2D eigenvalue weighted by Gasteiger charge is -2.09. The fourth-order valence-electron chi connectivity index (χ4n) is 2.32. The van der Waals surface area contributed by atoms with Gasteiger partial charge in [0.1, 0.15) is 11.4 Å². The summed E-state index contributed by atoms with van der Waals surface area (Å²) >= 11 is 0. The number of pyridine rings is 1. The van der Waals surface area contributed by atoms with E-state index in [9.17, 15) is 4.79 Å². The van der Waals surface area contributed by atoms with E-state index in [0.717, 1.165) is 22.8 Å². The highest BCUT2D eigenvalue weighted by Gasteiger charge is 2.02. The van der Waals surface area contributed by atoms with Crippen LogP contribution < -0.4 is 10.1 Å². The number of nitrogens with one attached hydrogen (secondary N) is 1. The predicted octanol–water partition coefficient (Wildman–Crippen LogP) is 4.02. The molecule has 0 radical (unpaired) electrons. The molecule has 0 spiro atoms. The van der Waals surface area contributed by atoms with Gasteiger partial charge in [0, 0.05) is 18.0 Å². The second kappa shape index (κ2) is 7.66. The summed E-state index contributed by atoms with van der Waals surface area (Å²) in [5.74, 6) is 1.08. The monoisotopic (exact) mass is 335 g/mol. The van der Waals surface area contributed by atoms with Crippen LogP contribution in [-0.4, -0.2) is 21.9 Å². The molecule has 0 atom stereocenters. The molecule has 2 aromatic heterocycles. The van der Waals surface area contributed by atoms with Crippen LogP contribution in [0, 0.1) is 5.92 Å². The highest BCUT2D eigenvalue weighted by atomic mass is 16.5. The molecule has 1 amide bonds. The number of hydrogen-bond acceptors (Lipinski definition) is 3.